The minimum absolute atomic E-state index is 0.000936. The van der Waals surface area contributed by atoms with Crippen molar-refractivity contribution >= 4 is 33.1 Å². The molecule has 0 saturated carbocycles. The van der Waals surface area contributed by atoms with Gasteiger partial charge in [0.15, 0.2) is 0 Å². The van der Waals surface area contributed by atoms with E-state index >= 15 is 0 Å². The largest absolute Gasteiger partial charge is 0.324 e. The van der Waals surface area contributed by atoms with Crippen molar-refractivity contribution in [2.75, 3.05) is 12.4 Å². The number of fused-ring (bicyclic) bond motifs is 1. The van der Waals surface area contributed by atoms with E-state index in [1.54, 1.807) is 11.3 Å². The monoisotopic (exact) mass is 353 g/mol. The van der Waals surface area contributed by atoms with Crippen LogP contribution in [0.5, 0.6) is 0 Å². The van der Waals surface area contributed by atoms with E-state index in [1.165, 1.54) is 4.70 Å². The zero-order chi connectivity index (χ0) is 18.0. The molecule has 1 unspecified atom stereocenters. The minimum Gasteiger partial charge on any atom is -0.324 e. The molecule has 0 spiro atoms. The summed E-state index contributed by atoms with van der Waals surface area (Å²) >= 11 is 1.68. The molecule has 1 atom stereocenters. The van der Waals surface area contributed by atoms with Gasteiger partial charge in [0.05, 0.1) is 22.8 Å². The first-order chi connectivity index (χ1) is 12.0. The average Bonchev–Trinajstić information content (AvgIpc) is 2.99. The second kappa shape index (κ2) is 7.33. The zero-order valence-corrected chi connectivity index (χ0v) is 15.9. The molecule has 3 rings (SSSR count). The highest BCUT2D eigenvalue weighted by Crippen LogP contribution is 2.23. The van der Waals surface area contributed by atoms with Crippen LogP contribution in [0.15, 0.2) is 42.5 Å². The Labute approximate surface area is 152 Å². The number of para-hydroxylation sites is 2. The van der Waals surface area contributed by atoms with Crippen LogP contribution in [0.3, 0.4) is 0 Å². The van der Waals surface area contributed by atoms with Crippen LogP contribution in [0.2, 0.25) is 0 Å². The number of anilines is 1. The van der Waals surface area contributed by atoms with Crippen LogP contribution < -0.4 is 5.32 Å². The lowest BCUT2D eigenvalue weighted by molar-refractivity contribution is -0.120. The van der Waals surface area contributed by atoms with Gasteiger partial charge in [0.1, 0.15) is 5.01 Å². The molecule has 25 heavy (non-hydrogen) atoms. The predicted molar refractivity (Wildman–Crippen MR) is 105 cm³/mol. The van der Waals surface area contributed by atoms with Crippen molar-refractivity contribution < 1.29 is 4.79 Å². The topological polar surface area (TPSA) is 45.2 Å². The number of aryl methyl sites for hydroxylation is 2. The Morgan fingerprint density at radius 2 is 1.84 bits per heavy atom. The van der Waals surface area contributed by atoms with Gasteiger partial charge in [-0.2, -0.15) is 0 Å². The van der Waals surface area contributed by atoms with Crippen molar-refractivity contribution in [3.05, 3.63) is 58.6 Å². The van der Waals surface area contributed by atoms with Crippen molar-refractivity contribution in [3.8, 4) is 0 Å². The summed E-state index contributed by atoms with van der Waals surface area (Å²) in [6.07, 6.45) is 0. The zero-order valence-electron chi connectivity index (χ0n) is 15.0. The fourth-order valence-corrected chi connectivity index (χ4v) is 3.81. The number of benzene rings is 2. The Kier molecular flexibility index (Phi) is 5.16. The highest BCUT2D eigenvalue weighted by molar-refractivity contribution is 7.18. The van der Waals surface area contributed by atoms with Gasteiger partial charge in [-0.3, -0.25) is 9.69 Å². The maximum atomic E-state index is 12.7. The van der Waals surface area contributed by atoms with Crippen molar-refractivity contribution in [2.45, 2.75) is 33.4 Å². The highest BCUT2D eigenvalue weighted by Gasteiger charge is 2.20. The van der Waals surface area contributed by atoms with Crippen molar-refractivity contribution in [1.82, 2.24) is 9.88 Å². The molecule has 1 aromatic heterocycles. The van der Waals surface area contributed by atoms with Crippen molar-refractivity contribution in [3.63, 3.8) is 0 Å². The number of carbonyl (C=O) groups is 1. The SMILES string of the molecule is Cc1cccc(C)c1NC(=O)C(C)N(C)Cc1nc2ccccc2s1. The Morgan fingerprint density at radius 3 is 2.52 bits per heavy atom. The van der Waals surface area contributed by atoms with Gasteiger partial charge in [-0.05, 0) is 51.1 Å². The summed E-state index contributed by atoms with van der Waals surface area (Å²) in [5.74, 6) is 0.000936. The lowest BCUT2D eigenvalue weighted by Crippen LogP contribution is -2.39. The van der Waals surface area contributed by atoms with Gasteiger partial charge < -0.3 is 5.32 Å². The summed E-state index contributed by atoms with van der Waals surface area (Å²) in [6.45, 7) is 6.60. The number of rotatable bonds is 5. The minimum atomic E-state index is -0.244. The summed E-state index contributed by atoms with van der Waals surface area (Å²) in [5.41, 5.74) is 4.08. The maximum Gasteiger partial charge on any atom is 0.241 e. The van der Waals surface area contributed by atoms with Crippen molar-refractivity contribution in [1.29, 1.82) is 0 Å². The first-order valence-corrected chi connectivity index (χ1v) is 9.19. The van der Waals surface area contributed by atoms with E-state index in [0.717, 1.165) is 27.3 Å². The van der Waals surface area contributed by atoms with Gasteiger partial charge in [0, 0.05) is 5.69 Å². The van der Waals surface area contributed by atoms with Crippen LogP contribution in [0, 0.1) is 13.8 Å². The van der Waals surface area contributed by atoms with Gasteiger partial charge in [-0.15, -0.1) is 11.3 Å². The van der Waals surface area contributed by atoms with E-state index in [1.807, 2.05) is 69.1 Å². The molecule has 0 bridgehead atoms. The molecule has 1 heterocycles. The second-order valence-electron chi connectivity index (χ2n) is 6.42. The molecular formula is C20H23N3OS. The predicted octanol–water partition coefficient (Wildman–Crippen LogP) is 4.37. The second-order valence-corrected chi connectivity index (χ2v) is 7.54. The molecule has 1 amide bonds. The van der Waals surface area contributed by atoms with E-state index in [2.05, 4.69) is 16.4 Å². The number of hydrogen-bond donors (Lipinski definition) is 1. The molecule has 0 radical (unpaired) electrons. The van der Waals surface area contributed by atoms with Crippen LogP contribution in [0.25, 0.3) is 10.2 Å². The highest BCUT2D eigenvalue weighted by atomic mass is 32.1. The molecule has 2 aromatic carbocycles. The molecule has 130 valence electrons. The molecule has 4 nitrogen and oxygen atoms in total. The fourth-order valence-electron chi connectivity index (χ4n) is 2.78. The Bertz CT molecular complexity index is 850. The number of likely N-dealkylation sites (N-methyl/N-ethyl adjacent to an activating group) is 1. The van der Waals surface area contributed by atoms with Gasteiger partial charge in [0.25, 0.3) is 0 Å². The molecule has 0 aliphatic heterocycles. The standard InChI is InChI=1S/C20H23N3OS/c1-13-8-7-9-14(2)19(13)22-20(24)15(3)23(4)12-18-21-16-10-5-6-11-17(16)25-18/h5-11,15H,12H2,1-4H3,(H,22,24). The summed E-state index contributed by atoms with van der Waals surface area (Å²) in [6, 6.07) is 13.9. The maximum absolute atomic E-state index is 12.7. The summed E-state index contributed by atoms with van der Waals surface area (Å²) in [4.78, 5) is 19.3. The van der Waals surface area contributed by atoms with E-state index < -0.39 is 0 Å². The first-order valence-electron chi connectivity index (χ1n) is 8.37. The van der Waals surface area contributed by atoms with Crippen molar-refractivity contribution in [2.24, 2.45) is 0 Å². The third-order valence-corrected chi connectivity index (χ3v) is 5.51. The van der Waals surface area contributed by atoms with Gasteiger partial charge >= 0.3 is 0 Å². The third-order valence-electron chi connectivity index (χ3n) is 4.49. The number of carbonyl (C=O) groups excluding carboxylic acids is 1. The van der Waals surface area contributed by atoms with Crippen LogP contribution in [-0.4, -0.2) is 28.9 Å². The fraction of sp³-hybridized carbons (Fsp3) is 0.300. The van der Waals surface area contributed by atoms with Crippen LogP contribution >= 0.6 is 11.3 Å². The molecule has 0 aliphatic rings. The molecule has 0 fully saturated rings. The summed E-state index contributed by atoms with van der Waals surface area (Å²) in [5, 5.41) is 4.10. The number of nitrogens with one attached hydrogen (secondary N) is 1. The van der Waals surface area contributed by atoms with E-state index in [4.69, 9.17) is 0 Å². The smallest absolute Gasteiger partial charge is 0.241 e. The van der Waals surface area contributed by atoms with Crippen LogP contribution in [-0.2, 0) is 11.3 Å². The molecular weight excluding hydrogens is 330 g/mol. The third kappa shape index (κ3) is 3.89. The number of nitrogens with zero attached hydrogens (tertiary/aromatic N) is 2. The summed E-state index contributed by atoms with van der Waals surface area (Å²) < 4.78 is 1.18. The lowest BCUT2D eigenvalue weighted by atomic mass is 10.1. The normalized spacial score (nSPS) is 12.5. The first kappa shape index (κ1) is 17.6. The molecule has 5 heteroatoms. The average molecular weight is 353 g/mol. The number of hydrogen-bond acceptors (Lipinski definition) is 4. The van der Waals surface area contributed by atoms with E-state index in [9.17, 15) is 4.79 Å². The van der Waals surface area contributed by atoms with Gasteiger partial charge in [-0.25, -0.2) is 4.98 Å². The Balaban J connectivity index is 1.69. The molecule has 0 saturated heterocycles. The number of aromatic nitrogens is 1. The Hall–Kier alpha value is -2.24. The quantitative estimate of drug-likeness (QED) is 0.741. The lowest BCUT2D eigenvalue weighted by Gasteiger charge is -2.23. The number of thiazole rings is 1. The molecule has 1 N–H and O–H groups in total. The van der Waals surface area contributed by atoms with Crippen LogP contribution in [0.4, 0.5) is 5.69 Å². The summed E-state index contributed by atoms with van der Waals surface area (Å²) in [7, 11) is 1.96. The van der Waals surface area contributed by atoms with E-state index in [-0.39, 0.29) is 11.9 Å². The molecule has 0 aliphatic carbocycles. The van der Waals surface area contributed by atoms with E-state index in [0.29, 0.717) is 6.54 Å². The Morgan fingerprint density at radius 1 is 1.16 bits per heavy atom. The van der Waals surface area contributed by atoms with Crippen LogP contribution in [0.1, 0.15) is 23.1 Å². The number of amides is 1. The van der Waals surface area contributed by atoms with Gasteiger partial charge in [0.2, 0.25) is 5.91 Å². The molecule has 3 aromatic rings. The van der Waals surface area contributed by atoms with Gasteiger partial charge in [-0.1, -0.05) is 30.3 Å².